The van der Waals surface area contributed by atoms with Crippen LogP contribution in [0.1, 0.15) is 39.1 Å². The molecule has 0 atom stereocenters. The number of nitrogens with one attached hydrogen (secondary N) is 1. The van der Waals surface area contributed by atoms with Gasteiger partial charge in [0.2, 0.25) is 15.0 Å². The van der Waals surface area contributed by atoms with E-state index in [0.717, 1.165) is 16.9 Å². The summed E-state index contributed by atoms with van der Waals surface area (Å²) in [5.41, 5.74) is 1.09. The molecule has 1 fully saturated rings. The van der Waals surface area contributed by atoms with Crippen molar-refractivity contribution in [1.29, 1.82) is 0 Å². The number of halogens is 1. The van der Waals surface area contributed by atoms with Gasteiger partial charge in [0.05, 0.1) is 10.6 Å². The second kappa shape index (κ2) is 8.81. The minimum atomic E-state index is -3.53. The first-order valence-electron chi connectivity index (χ1n) is 9.80. The summed E-state index contributed by atoms with van der Waals surface area (Å²) in [4.78, 5) is 12.7. The highest BCUT2D eigenvalue weighted by Crippen LogP contribution is 2.32. The van der Waals surface area contributed by atoms with Crippen LogP contribution in [0.25, 0.3) is 0 Å². The van der Waals surface area contributed by atoms with Gasteiger partial charge in [0.15, 0.2) is 0 Å². The van der Waals surface area contributed by atoms with E-state index in [1.54, 1.807) is 36.4 Å². The molecule has 1 amide bonds. The third kappa shape index (κ3) is 4.65. The van der Waals surface area contributed by atoms with E-state index in [1.807, 2.05) is 6.92 Å². The largest absolute Gasteiger partial charge is 0.317 e. The lowest BCUT2D eigenvalue weighted by Crippen LogP contribution is -2.37. The van der Waals surface area contributed by atoms with Gasteiger partial charge in [0.25, 0.3) is 5.91 Å². The molecule has 0 spiro atoms. The quantitative estimate of drug-likeness (QED) is 0.625. The Morgan fingerprint density at radius 1 is 1.10 bits per heavy atom. The lowest BCUT2D eigenvalue weighted by molar-refractivity contribution is 0.102. The van der Waals surface area contributed by atoms with E-state index in [4.69, 9.17) is 0 Å². The van der Waals surface area contributed by atoms with Crippen molar-refractivity contribution in [2.75, 3.05) is 18.4 Å². The number of amides is 1. The van der Waals surface area contributed by atoms with Gasteiger partial charge in [-0.25, -0.2) is 12.8 Å². The second-order valence-corrected chi connectivity index (χ2v) is 10.3. The summed E-state index contributed by atoms with van der Waals surface area (Å²) in [6, 6.07) is 12.7. The summed E-state index contributed by atoms with van der Waals surface area (Å²) in [6.07, 6.45) is 1.18. The maximum atomic E-state index is 13.7. The first kappa shape index (κ1) is 21.5. The number of aryl methyl sites for hydroxylation is 1. The minimum absolute atomic E-state index is 0.0250. The van der Waals surface area contributed by atoms with Gasteiger partial charge in [0.1, 0.15) is 10.8 Å². The number of carbonyl (C=O) groups is 1. The fourth-order valence-corrected chi connectivity index (χ4v) is 5.81. The summed E-state index contributed by atoms with van der Waals surface area (Å²) in [5.74, 6) is -1.02. The first-order valence-corrected chi connectivity index (χ1v) is 12.1. The van der Waals surface area contributed by atoms with Crippen LogP contribution in [0.15, 0.2) is 53.4 Å². The molecule has 1 aliphatic heterocycles. The zero-order valence-corrected chi connectivity index (χ0v) is 18.4. The van der Waals surface area contributed by atoms with Crippen molar-refractivity contribution in [1.82, 2.24) is 14.5 Å². The van der Waals surface area contributed by atoms with Gasteiger partial charge < -0.3 is 5.32 Å². The molecule has 10 heteroatoms. The number of sulfonamides is 1. The molecule has 1 N–H and O–H groups in total. The van der Waals surface area contributed by atoms with E-state index >= 15 is 0 Å². The number of para-hydroxylation sites is 1. The standard InChI is InChI=1S/C21H21FN4O3S2/c1-14-6-8-16(9-7-14)31(28,29)26-12-10-15(11-13-26)20-24-25-21(30-20)19(27)23-18-5-3-2-4-17(18)22/h2-9,15H,10-13H2,1H3,(H,23,27). The van der Waals surface area contributed by atoms with E-state index in [9.17, 15) is 17.6 Å². The van der Waals surface area contributed by atoms with Crippen molar-refractivity contribution in [3.05, 3.63) is 69.9 Å². The molecule has 162 valence electrons. The molecule has 1 saturated heterocycles. The number of aromatic nitrogens is 2. The highest BCUT2D eigenvalue weighted by atomic mass is 32.2. The fraction of sp³-hybridized carbons (Fsp3) is 0.286. The van der Waals surface area contributed by atoms with E-state index in [0.29, 0.717) is 35.8 Å². The Kier molecular flexibility index (Phi) is 6.12. The van der Waals surface area contributed by atoms with E-state index in [1.165, 1.54) is 16.4 Å². The molecule has 0 aliphatic carbocycles. The summed E-state index contributed by atoms with van der Waals surface area (Å²) < 4.78 is 40.9. The number of hydrogen-bond donors (Lipinski definition) is 1. The van der Waals surface area contributed by atoms with Crippen LogP contribution in [0, 0.1) is 12.7 Å². The number of carbonyl (C=O) groups excluding carboxylic acids is 1. The van der Waals surface area contributed by atoms with Crippen molar-refractivity contribution >= 4 is 33.0 Å². The van der Waals surface area contributed by atoms with Crippen LogP contribution >= 0.6 is 11.3 Å². The minimum Gasteiger partial charge on any atom is -0.317 e. The summed E-state index contributed by atoms with van der Waals surface area (Å²) >= 11 is 1.15. The van der Waals surface area contributed by atoms with Crippen molar-refractivity contribution in [3.63, 3.8) is 0 Å². The molecule has 4 rings (SSSR count). The number of nitrogens with zero attached hydrogens (tertiary/aromatic N) is 3. The number of piperidine rings is 1. The Labute approximate surface area is 184 Å². The average molecular weight is 461 g/mol. The van der Waals surface area contributed by atoms with Crippen LogP contribution in [0.3, 0.4) is 0 Å². The van der Waals surface area contributed by atoms with Gasteiger partial charge in [0, 0.05) is 19.0 Å². The Morgan fingerprint density at radius 3 is 2.45 bits per heavy atom. The Bertz CT molecular complexity index is 1190. The molecule has 7 nitrogen and oxygen atoms in total. The van der Waals surface area contributed by atoms with E-state index in [-0.39, 0.29) is 16.6 Å². The highest BCUT2D eigenvalue weighted by molar-refractivity contribution is 7.89. The number of benzene rings is 2. The molecule has 1 aromatic heterocycles. The lowest BCUT2D eigenvalue weighted by Gasteiger charge is -2.30. The van der Waals surface area contributed by atoms with E-state index in [2.05, 4.69) is 15.5 Å². The predicted molar refractivity (Wildman–Crippen MR) is 116 cm³/mol. The van der Waals surface area contributed by atoms with E-state index < -0.39 is 21.7 Å². The Balaban J connectivity index is 1.39. The van der Waals surface area contributed by atoms with Crippen LogP contribution in [0.2, 0.25) is 0 Å². The molecule has 0 saturated carbocycles. The molecule has 31 heavy (non-hydrogen) atoms. The average Bonchev–Trinajstić information content (AvgIpc) is 3.26. The molecule has 1 aliphatic rings. The van der Waals surface area contributed by atoms with Crippen LogP contribution in [-0.2, 0) is 10.0 Å². The molecule has 0 radical (unpaired) electrons. The van der Waals surface area contributed by atoms with Gasteiger partial charge >= 0.3 is 0 Å². The third-order valence-corrected chi connectivity index (χ3v) is 8.22. The van der Waals surface area contributed by atoms with Gasteiger partial charge in [-0.15, -0.1) is 10.2 Å². The van der Waals surface area contributed by atoms with Crippen molar-refractivity contribution in [2.45, 2.75) is 30.6 Å². The van der Waals surface area contributed by atoms with Crippen LogP contribution in [0.4, 0.5) is 10.1 Å². The summed E-state index contributed by atoms with van der Waals surface area (Å²) in [6.45, 7) is 2.66. The van der Waals surface area contributed by atoms with Gasteiger partial charge in [-0.3, -0.25) is 4.79 Å². The van der Waals surface area contributed by atoms with Crippen LogP contribution in [0.5, 0.6) is 0 Å². The van der Waals surface area contributed by atoms with Crippen LogP contribution in [-0.4, -0.2) is 41.9 Å². The number of rotatable bonds is 5. The first-order chi connectivity index (χ1) is 14.8. The summed E-state index contributed by atoms with van der Waals surface area (Å²) in [7, 11) is -3.53. The van der Waals surface area contributed by atoms with Crippen molar-refractivity contribution in [3.8, 4) is 0 Å². The zero-order valence-electron chi connectivity index (χ0n) is 16.8. The zero-order chi connectivity index (χ0) is 22.0. The molecule has 2 aromatic carbocycles. The third-order valence-electron chi connectivity index (χ3n) is 5.22. The normalized spacial score (nSPS) is 15.7. The Morgan fingerprint density at radius 2 is 1.77 bits per heavy atom. The maximum absolute atomic E-state index is 13.7. The molecular formula is C21H21FN4O3S2. The van der Waals surface area contributed by atoms with Crippen molar-refractivity contribution < 1.29 is 17.6 Å². The van der Waals surface area contributed by atoms with Gasteiger partial charge in [-0.05, 0) is 44.0 Å². The number of hydrogen-bond acceptors (Lipinski definition) is 6. The molecule has 3 aromatic rings. The smallest absolute Gasteiger partial charge is 0.286 e. The van der Waals surface area contributed by atoms with Gasteiger partial charge in [-0.1, -0.05) is 41.2 Å². The Hall–Kier alpha value is -2.69. The van der Waals surface area contributed by atoms with Crippen molar-refractivity contribution in [2.24, 2.45) is 0 Å². The highest BCUT2D eigenvalue weighted by Gasteiger charge is 2.31. The molecular weight excluding hydrogens is 439 g/mol. The molecule has 2 heterocycles. The second-order valence-electron chi connectivity index (χ2n) is 7.37. The fourth-order valence-electron chi connectivity index (χ4n) is 3.43. The monoisotopic (exact) mass is 460 g/mol. The van der Waals surface area contributed by atoms with Gasteiger partial charge in [-0.2, -0.15) is 4.31 Å². The topological polar surface area (TPSA) is 92.3 Å². The lowest BCUT2D eigenvalue weighted by atomic mass is 9.99. The predicted octanol–water partition coefficient (Wildman–Crippen LogP) is 3.81. The number of anilines is 1. The molecule has 0 bridgehead atoms. The maximum Gasteiger partial charge on any atom is 0.286 e. The SMILES string of the molecule is Cc1ccc(S(=O)(=O)N2CCC(c3nnc(C(=O)Nc4ccccc4F)s3)CC2)cc1. The van der Waals surface area contributed by atoms with Crippen LogP contribution < -0.4 is 5.32 Å². The summed E-state index contributed by atoms with van der Waals surface area (Å²) in [5, 5.41) is 11.4. The molecule has 0 unspecified atom stereocenters.